The molecule has 0 aromatic carbocycles. The van der Waals surface area contributed by atoms with Crippen molar-refractivity contribution in [2.24, 2.45) is 17.8 Å². The molecule has 3 atom stereocenters. The van der Waals surface area contributed by atoms with Crippen molar-refractivity contribution in [2.75, 3.05) is 13.6 Å². The maximum Gasteiger partial charge on any atom is 0.104 e. The molecule has 1 aliphatic carbocycles. The highest BCUT2D eigenvalue weighted by Crippen LogP contribution is 2.29. The third-order valence-corrected chi connectivity index (χ3v) is 4.80. The number of rotatable bonds is 9. The number of allylic oxidation sites excluding steroid dienone is 5. The molecule has 0 aromatic heterocycles. The lowest BCUT2D eigenvalue weighted by atomic mass is 9.82. The third-order valence-electron chi connectivity index (χ3n) is 4.80. The van der Waals surface area contributed by atoms with Crippen LogP contribution in [0.5, 0.6) is 0 Å². The highest BCUT2D eigenvalue weighted by atomic mass is 15.1. The Kier molecular flexibility index (Phi) is 8.10. The summed E-state index contributed by atoms with van der Waals surface area (Å²) in [6, 6.07) is 2.17. The Morgan fingerprint density at radius 1 is 1.50 bits per heavy atom. The quantitative estimate of drug-likeness (QED) is 0.322. The van der Waals surface area contributed by atoms with E-state index in [1.54, 1.807) is 0 Å². The van der Waals surface area contributed by atoms with Gasteiger partial charge in [-0.05, 0) is 37.2 Å². The molecule has 0 N–H and O–H groups in total. The van der Waals surface area contributed by atoms with Crippen molar-refractivity contribution >= 4 is 0 Å². The standard InChI is InChI=1S/C22H30N2/c1-7-20(21(8-2)15-23)10-9-11-22-13-12-19(14-18(22)5)16-24(6)17(3)4/h7,12-14,18,20,22H,1-3,9-11,16H2,4-6H3. The van der Waals surface area contributed by atoms with Gasteiger partial charge in [0.05, 0.1) is 5.57 Å². The first-order valence-electron chi connectivity index (χ1n) is 8.61. The van der Waals surface area contributed by atoms with Gasteiger partial charge in [0.2, 0.25) is 0 Å². The second kappa shape index (κ2) is 9.81. The Morgan fingerprint density at radius 2 is 2.21 bits per heavy atom. The molecule has 0 bridgehead atoms. The summed E-state index contributed by atoms with van der Waals surface area (Å²) in [5.74, 6) is 1.18. The van der Waals surface area contributed by atoms with Crippen molar-refractivity contribution in [2.45, 2.75) is 33.1 Å². The van der Waals surface area contributed by atoms with Crippen molar-refractivity contribution in [3.8, 4) is 6.07 Å². The minimum absolute atomic E-state index is 0.0747. The van der Waals surface area contributed by atoms with Crippen LogP contribution in [0.3, 0.4) is 0 Å². The molecule has 3 unspecified atom stereocenters. The van der Waals surface area contributed by atoms with E-state index < -0.39 is 0 Å². The van der Waals surface area contributed by atoms with Crippen LogP contribution in [0.15, 0.2) is 66.6 Å². The second-order valence-corrected chi connectivity index (χ2v) is 6.69. The van der Waals surface area contributed by atoms with Crippen LogP contribution in [-0.2, 0) is 0 Å². The maximum absolute atomic E-state index is 9.09. The summed E-state index contributed by atoms with van der Waals surface area (Å²) in [6.45, 7) is 16.6. The van der Waals surface area contributed by atoms with E-state index in [9.17, 15) is 0 Å². The highest BCUT2D eigenvalue weighted by molar-refractivity contribution is 5.28. The molecule has 24 heavy (non-hydrogen) atoms. The molecular weight excluding hydrogens is 292 g/mol. The Morgan fingerprint density at radius 3 is 2.71 bits per heavy atom. The van der Waals surface area contributed by atoms with Crippen molar-refractivity contribution < 1.29 is 0 Å². The van der Waals surface area contributed by atoms with Crippen molar-refractivity contribution in [1.82, 2.24) is 4.90 Å². The largest absolute Gasteiger partial charge is 0.374 e. The zero-order valence-corrected chi connectivity index (χ0v) is 15.4. The summed E-state index contributed by atoms with van der Waals surface area (Å²) in [4.78, 5) is 2.17. The lowest BCUT2D eigenvalue weighted by molar-refractivity contribution is 0.424. The average molecular weight is 322 g/mol. The second-order valence-electron chi connectivity index (χ2n) is 6.69. The maximum atomic E-state index is 9.09. The van der Waals surface area contributed by atoms with Gasteiger partial charge >= 0.3 is 0 Å². The number of hydrogen-bond donors (Lipinski definition) is 0. The zero-order valence-electron chi connectivity index (χ0n) is 15.4. The summed E-state index contributed by atoms with van der Waals surface area (Å²) in [7, 11) is 2.07. The van der Waals surface area contributed by atoms with Crippen molar-refractivity contribution in [3.05, 3.63) is 66.6 Å². The van der Waals surface area contributed by atoms with Crippen molar-refractivity contribution in [1.29, 1.82) is 5.26 Å². The zero-order chi connectivity index (χ0) is 18.1. The van der Waals surface area contributed by atoms with E-state index in [0.717, 1.165) is 31.5 Å². The van der Waals surface area contributed by atoms with Gasteiger partial charge in [-0.25, -0.2) is 0 Å². The van der Waals surface area contributed by atoms with Gasteiger partial charge in [-0.2, -0.15) is 5.26 Å². The topological polar surface area (TPSA) is 27.0 Å². The van der Waals surface area contributed by atoms with E-state index in [0.29, 0.717) is 17.4 Å². The van der Waals surface area contributed by atoms with Gasteiger partial charge in [0, 0.05) is 25.2 Å². The van der Waals surface area contributed by atoms with Crippen molar-refractivity contribution in [3.63, 3.8) is 0 Å². The number of nitrogens with zero attached hydrogens (tertiary/aromatic N) is 2. The molecule has 0 aliphatic heterocycles. The molecule has 128 valence electrons. The normalized spacial score (nSPS) is 20.3. The number of nitriles is 1. The molecule has 1 rings (SSSR count). The van der Waals surface area contributed by atoms with Crippen LogP contribution >= 0.6 is 0 Å². The first kappa shape index (κ1) is 19.8. The first-order valence-corrected chi connectivity index (χ1v) is 8.61. The SMILES string of the molecule is C=C=C(C#N)C(C=C)CCCC1C=CC(CN(C)C(=C)C)=CC1C. The van der Waals surface area contributed by atoms with E-state index in [1.165, 1.54) is 5.57 Å². The fourth-order valence-corrected chi connectivity index (χ4v) is 3.02. The first-order chi connectivity index (χ1) is 11.4. The smallest absolute Gasteiger partial charge is 0.104 e. The summed E-state index contributed by atoms with van der Waals surface area (Å²) in [5, 5.41) is 9.09. The Bertz CT molecular complexity index is 608. The minimum atomic E-state index is 0.0747. The van der Waals surface area contributed by atoms with Gasteiger partial charge in [0.15, 0.2) is 0 Å². The highest BCUT2D eigenvalue weighted by Gasteiger charge is 2.18. The molecule has 0 saturated carbocycles. The molecule has 1 aliphatic rings. The predicted molar refractivity (Wildman–Crippen MR) is 103 cm³/mol. The molecule has 0 amide bonds. The summed E-state index contributed by atoms with van der Waals surface area (Å²) in [5.41, 5.74) is 5.77. The summed E-state index contributed by atoms with van der Waals surface area (Å²) >= 11 is 0. The van der Waals surface area contributed by atoms with Gasteiger partial charge in [-0.15, -0.1) is 12.3 Å². The van der Waals surface area contributed by atoms with Gasteiger partial charge < -0.3 is 4.90 Å². The molecule has 2 nitrogen and oxygen atoms in total. The van der Waals surface area contributed by atoms with Gasteiger partial charge in [-0.3, -0.25) is 0 Å². The van der Waals surface area contributed by atoms with Crippen LogP contribution in [0.1, 0.15) is 33.1 Å². The Balaban J connectivity index is 2.52. The van der Waals surface area contributed by atoms with Crippen LogP contribution in [0.2, 0.25) is 0 Å². The molecule has 0 aromatic rings. The van der Waals surface area contributed by atoms with Gasteiger partial charge in [-0.1, -0.05) is 50.8 Å². The fraction of sp³-hybridized carbons (Fsp3) is 0.455. The van der Waals surface area contributed by atoms with Crippen LogP contribution in [0.4, 0.5) is 0 Å². The molecule has 0 fully saturated rings. The number of likely N-dealkylation sites (N-methyl/N-ethyl adjacent to an activating group) is 1. The van der Waals surface area contributed by atoms with Crippen LogP contribution in [0, 0.1) is 29.1 Å². The number of hydrogen-bond acceptors (Lipinski definition) is 2. The lowest BCUT2D eigenvalue weighted by Crippen LogP contribution is -2.20. The predicted octanol–water partition coefficient (Wildman–Crippen LogP) is 5.41. The van der Waals surface area contributed by atoms with Gasteiger partial charge in [0.25, 0.3) is 0 Å². The van der Waals surface area contributed by atoms with Crippen LogP contribution in [-0.4, -0.2) is 18.5 Å². The average Bonchev–Trinajstić information content (AvgIpc) is 2.55. The molecular formula is C22H30N2. The van der Waals surface area contributed by atoms with E-state index >= 15 is 0 Å². The summed E-state index contributed by atoms with van der Waals surface area (Å²) in [6.07, 6.45) is 11.9. The van der Waals surface area contributed by atoms with E-state index in [4.69, 9.17) is 5.26 Å². The lowest BCUT2D eigenvalue weighted by Gasteiger charge is -2.26. The summed E-state index contributed by atoms with van der Waals surface area (Å²) < 4.78 is 0. The monoisotopic (exact) mass is 322 g/mol. The van der Waals surface area contributed by atoms with E-state index in [2.05, 4.69) is 68.6 Å². The molecule has 0 radical (unpaired) electrons. The van der Waals surface area contributed by atoms with E-state index in [1.807, 2.05) is 13.0 Å². The third kappa shape index (κ3) is 5.76. The Hall–Kier alpha value is -2.23. The molecule has 2 heteroatoms. The van der Waals surface area contributed by atoms with Crippen LogP contribution in [0.25, 0.3) is 0 Å². The fourth-order valence-electron chi connectivity index (χ4n) is 3.02. The molecule has 0 saturated heterocycles. The van der Waals surface area contributed by atoms with Gasteiger partial charge in [0.1, 0.15) is 6.07 Å². The molecule has 0 heterocycles. The Labute approximate surface area is 147 Å². The van der Waals surface area contributed by atoms with Crippen LogP contribution < -0.4 is 0 Å². The van der Waals surface area contributed by atoms with E-state index in [-0.39, 0.29) is 5.92 Å². The minimum Gasteiger partial charge on any atom is -0.374 e. The molecule has 0 spiro atoms.